The van der Waals surface area contributed by atoms with Crippen molar-refractivity contribution in [1.29, 1.82) is 0 Å². The topological polar surface area (TPSA) is 76.5 Å². The van der Waals surface area contributed by atoms with Gasteiger partial charge in [0.1, 0.15) is 12.4 Å². The van der Waals surface area contributed by atoms with Crippen LogP contribution < -0.4 is 5.32 Å². The summed E-state index contributed by atoms with van der Waals surface area (Å²) in [6.45, 7) is 6.83. The number of rotatable bonds is 13. The van der Waals surface area contributed by atoms with Crippen molar-refractivity contribution >= 4 is 11.9 Å². The highest BCUT2D eigenvalue weighted by Crippen LogP contribution is 2.07. The van der Waals surface area contributed by atoms with Crippen LogP contribution in [-0.2, 0) is 27.3 Å². The van der Waals surface area contributed by atoms with Gasteiger partial charge in [0.2, 0.25) is 5.91 Å². The van der Waals surface area contributed by atoms with Crippen LogP contribution in [0.1, 0.15) is 58.7 Å². The van der Waals surface area contributed by atoms with Crippen LogP contribution in [0.4, 0.5) is 0 Å². The van der Waals surface area contributed by atoms with Crippen LogP contribution in [0.2, 0.25) is 0 Å². The monoisotopic (exact) mass is 380 g/mol. The van der Waals surface area contributed by atoms with Gasteiger partial charge in [-0.3, -0.25) is 9.59 Å². The fraction of sp³-hybridized carbons (Fsp3) is 0.750. The third kappa shape index (κ3) is 9.04. The summed E-state index contributed by atoms with van der Waals surface area (Å²) in [5.74, 6) is 0.461. The molecule has 0 bridgehead atoms. The number of carbonyl (C=O) groups excluding carboxylic acids is 2. The molecule has 0 spiro atoms. The molecule has 2 atom stereocenters. The molecule has 1 amide bonds. The van der Waals surface area contributed by atoms with Crippen molar-refractivity contribution < 1.29 is 14.3 Å². The lowest BCUT2D eigenvalue weighted by Gasteiger charge is -2.23. The van der Waals surface area contributed by atoms with Gasteiger partial charge in [-0.05, 0) is 40.3 Å². The Kier molecular flexibility index (Phi) is 10.7. The Morgan fingerprint density at radius 2 is 2.04 bits per heavy atom. The Morgan fingerprint density at radius 3 is 2.67 bits per heavy atom. The largest absolute Gasteiger partial charge is 0.461 e. The van der Waals surface area contributed by atoms with Crippen LogP contribution in [0.5, 0.6) is 0 Å². The van der Waals surface area contributed by atoms with Crippen LogP contribution in [0.15, 0.2) is 12.4 Å². The van der Waals surface area contributed by atoms with Crippen molar-refractivity contribution in [3.63, 3.8) is 0 Å². The molecule has 2 unspecified atom stereocenters. The maximum atomic E-state index is 12.1. The van der Waals surface area contributed by atoms with E-state index < -0.39 is 0 Å². The van der Waals surface area contributed by atoms with Crippen LogP contribution in [-0.4, -0.2) is 59.1 Å². The Balaban J connectivity index is 2.38. The highest BCUT2D eigenvalue weighted by molar-refractivity contribution is 5.76. The molecule has 27 heavy (non-hydrogen) atoms. The lowest BCUT2D eigenvalue weighted by molar-refractivity contribution is -0.149. The molecule has 0 saturated heterocycles. The first kappa shape index (κ1) is 23.1. The second kappa shape index (κ2) is 12.5. The van der Waals surface area contributed by atoms with Gasteiger partial charge in [-0.1, -0.05) is 20.3 Å². The van der Waals surface area contributed by atoms with Crippen molar-refractivity contribution in [2.45, 2.75) is 78.0 Å². The minimum absolute atomic E-state index is 0.0146. The molecular weight excluding hydrogens is 344 g/mol. The zero-order valence-corrected chi connectivity index (χ0v) is 17.5. The molecule has 0 fully saturated rings. The van der Waals surface area contributed by atoms with Crippen molar-refractivity contribution in [2.24, 2.45) is 0 Å². The van der Waals surface area contributed by atoms with Crippen molar-refractivity contribution in [3.05, 3.63) is 18.2 Å². The third-order valence-electron chi connectivity index (χ3n) is 4.74. The number of hydrogen-bond acceptors (Lipinski definition) is 5. The van der Waals surface area contributed by atoms with Gasteiger partial charge in [0.15, 0.2) is 0 Å². The molecule has 0 saturated carbocycles. The predicted octanol–water partition coefficient (Wildman–Crippen LogP) is 2.39. The van der Waals surface area contributed by atoms with E-state index in [4.69, 9.17) is 4.74 Å². The average molecular weight is 381 g/mol. The minimum atomic E-state index is -0.279. The van der Waals surface area contributed by atoms with E-state index >= 15 is 0 Å². The minimum Gasteiger partial charge on any atom is -0.461 e. The van der Waals surface area contributed by atoms with E-state index in [2.05, 4.69) is 36.2 Å². The predicted molar refractivity (Wildman–Crippen MR) is 106 cm³/mol. The molecule has 1 rings (SSSR count). The van der Waals surface area contributed by atoms with Crippen LogP contribution in [0.25, 0.3) is 0 Å². The smallest absolute Gasteiger partial charge is 0.326 e. The van der Waals surface area contributed by atoms with E-state index in [1.165, 1.54) is 0 Å². The van der Waals surface area contributed by atoms with Gasteiger partial charge in [0, 0.05) is 37.8 Å². The Bertz CT molecular complexity index is 571. The lowest BCUT2D eigenvalue weighted by Crippen LogP contribution is -2.33. The molecule has 0 aliphatic heterocycles. The zero-order valence-electron chi connectivity index (χ0n) is 17.5. The van der Waals surface area contributed by atoms with Gasteiger partial charge in [-0.25, -0.2) is 4.98 Å². The molecule has 0 aliphatic carbocycles. The summed E-state index contributed by atoms with van der Waals surface area (Å²) in [5, 5.41) is 2.99. The standard InChI is InChI=1S/C20H36N4O3/c1-6-8-17(23(4)5)11-12-22-19(25)10-9-18-21-13-14-24(18)15-20(26)27-16(3)7-2/h13-14,16-17H,6-12,15H2,1-5H3,(H,22,25). The molecule has 0 aromatic carbocycles. The fourth-order valence-corrected chi connectivity index (χ4v) is 2.88. The molecule has 7 nitrogen and oxygen atoms in total. The van der Waals surface area contributed by atoms with E-state index in [9.17, 15) is 9.59 Å². The fourth-order valence-electron chi connectivity index (χ4n) is 2.88. The van der Waals surface area contributed by atoms with E-state index in [1.807, 2.05) is 13.8 Å². The highest BCUT2D eigenvalue weighted by Gasteiger charge is 2.13. The molecule has 1 aromatic heterocycles. The van der Waals surface area contributed by atoms with Crippen LogP contribution in [0.3, 0.4) is 0 Å². The molecule has 1 heterocycles. The normalized spacial score (nSPS) is 13.4. The summed E-state index contributed by atoms with van der Waals surface area (Å²) in [6, 6.07) is 0.491. The highest BCUT2D eigenvalue weighted by atomic mass is 16.5. The van der Waals surface area contributed by atoms with E-state index in [0.29, 0.717) is 25.4 Å². The Hall–Kier alpha value is -1.89. The number of nitrogens with zero attached hydrogens (tertiary/aromatic N) is 3. The summed E-state index contributed by atoms with van der Waals surface area (Å²) in [7, 11) is 4.16. The zero-order chi connectivity index (χ0) is 20.2. The first-order chi connectivity index (χ1) is 12.9. The maximum absolute atomic E-state index is 12.1. The second-order valence-electron chi connectivity index (χ2n) is 7.22. The lowest BCUT2D eigenvalue weighted by atomic mass is 10.1. The number of aromatic nitrogens is 2. The Labute approximate surface area is 163 Å². The van der Waals surface area contributed by atoms with Crippen LogP contribution >= 0.6 is 0 Å². The van der Waals surface area contributed by atoms with Crippen molar-refractivity contribution in [2.75, 3.05) is 20.6 Å². The number of amides is 1. The number of nitrogens with one attached hydrogen (secondary N) is 1. The van der Waals surface area contributed by atoms with E-state index in [1.54, 1.807) is 17.0 Å². The number of imidazole rings is 1. The molecular formula is C20H36N4O3. The first-order valence-electron chi connectivity index (χ1n) is 9.99. The summed E-state index contributed by atoms with van der Waals surface area (Å²) >= 11 is 0. The van der Waals surface area contributed by atoms with E-state index in [0.717, 1.165) is 31.5 Å². The summed E-state index contributed by atoms with van der Waals surface area (Å²) < 4.78 is 7.05. The SMILES string of the molecule is CCCC(CCNC(=O)CCc1nccn1CC(=O)OC(C)CC)N(C)C. The quantitative estimate of drug-likeness (QED) is 0.532. The Morgan fingerprint density at radius 1 is 1.30 bits per heavy atom. The number of esters is 1. The molecule has 1 N–H and O–H groups in total. The van der Waals surface area contributed by atoms with Gasteiger partial charge in [-0.2, -0.15) is 0 Å². The molecule has 0 radical (unpaired) electrons. The molecule has 1 aromatic rings. The number of carbonyl (C=O) groups is 2. The maximum Gasteiger partial charge on any atom is 0.326 e. The summed E-state index contributed by atoms with van der Waals surface area (Å²) in [4.78, 5) is 30.5. The van der Waals surface area contributed by atoms with Crippen molar-refractivity contribution in [1.82, 2.24) is 19.8 Å². The average Bonchev–Trinajstić information content (AvgIpc) is 3.05. The molecule has 154 valence electrons. The molecule has 7 heteroatoms. The van der Waals surface area contributed by atoms with Gasteiger partial charge in [0.25, 0.3) is 0 Å². The van der Waals surface area contributed by atoms with Gasteiger partial charge < -0.3 is 19.5 Å². The van der Waals surface area contributed by atoms with Gasteiger partial charge in [-0.15, -0.1) is 0 Å². The first-order valence-corrected chi connectivity index (χ1v) is 9.99. The number of aryl methyl sites for hydroxylation is 1. The number of ether oxygens (including phenoxy) is 1. The van der Waals surface area contributed by atoms with Crippen LogP contribution in [0, 0.1) is 0 Å². The second-order valence-corrected chi connectivity index (χ2v) is 7.22. The van der Waals surface area contributed by atoms with Crippen molar-refractivity contribution in [3.8, 4) is 0 Å². The summed E-state index contributed by atoms with van der Waals surface area (Å²) in [5.41, 5.74) is 0. The number of hydrogen-bond donors (Lipinski definition) is 1. The third-order valence-corrected chi connectivity index (χ3v) is 4.74. The summed E-state index contributed by atoms with van der Waals surface area (Å²) in [6.07, 6.45) is 8.17. The molecule has 0 aliphatic rings. The van der Waals surface area contributed by atoms with Gasteiger partial charge >= 0.3 is 5.97 Å². The van der Waals surface area contributed by atoms with Gasteiger partial charge in [0.05, 0.1) is 6.10 Å². The van der Waals surface area contributed by atoms with E-state index in [-0.39, 0.29) is 24.5 Å².